The fraction of sp³-hybridized carbons (Fsp3) is 0.685. The summed E-state index contributed by atoms with van der Waals surface area (Å²) in [6.45, 7) is 4.75. The van der Waals surface area contributed by atoms with Gasteiger partial charge in [0.2, 0.25) is 0 Å². The van der Waals surface area contributed by atoms with Gasteiger partial charge in [-0.3, -0.25) is 13.8 Å². The van der Waals surface area contributed by atoms with Gasteiger partial charge in [-0.2, -0.15) is 0 Å². The monoisotopic (exact) mass is 900 g/mol. The number of ether oxygens (including phenoxy) is 2. The van der Waals surface area contributed by atoms with Gasteiger partial charge in [0, 0.05) is 19.6 Å². The number of esters is 1. The number of hydrogen-bond acceptors (Lipinski definition) is 7. The summed E-state index contributed by atoms with van der Waals surface area (Å²) >= 11 is 0. The molecule has 0 aliphatic rings. The summed E-state index contributed by atoms with van der Waals surface area (Å²) in [6.07, 6.45) is 67.2. The Bertz CT molecular complexity index is 1280. The third kappa shape index (κ3) is 50.3. The third-order valence-electron chi connectivity index (χ3n) is 10.2. The maximum Gasteiger partial charge on any atom is 0.472 e. The number of unbranched alkanes of at least 4 members (excludes halogenated alkanes) is 18. The van der Waals surface area contributed by atoms with Crippen molar-refractivity contribution < 1.29 is 32.8 Å². The number of hydrogen-bond donors (Lipinski definition) is 2. The summed E-state index contributed by atoms with van der Waals surface area (Å²) < 4.78 is 33.6. The number of carbonyl (C=O) groups excluding carboxylic acids is 1. The molecule has 0 bridgehead atoms. The highest BCUT2D eigenvalue weighted by molar-refractivity contribution is 7.47. The zero-order chi connectivity index (χ0) is 45.8. The Labute approximate surface area is 387 Å². The Balaban J connectivity index is 4.04. The van der Waals surface area contributed by atoms with Crippen LogP contribution in [-0.2, 0) is 27.9 Å². The fourth-order valence-corrected chi connectivity index (χ4v) is 7.32. The quantitative estimate of drug-likeness (QED) is 0.0268. The Kier molecular flexibility index (Phi) is 48.4. The molecule has 362 valence electrons. The molecular formula is C54H94NO7P. The van der Waals surface area contributed by atoms with E-state index in [4.69, 9.17) is 24.3 Å². The average molecular weight is 900 g/mol. The first-order valence-corrected chi connectivity index (χ1v) is 26.7. The normalized spacial score (nSPS) is 14.2. The van der Waals surface area contributed by atoms with E-state index in [0.29, 0.717) is 13.0 Å². The summed E-state index contributed by atoms with van der Waals surface area (Å²) in [4.78, 5) is 22.6. The second-order valence-corrected chi connectivity index (χ2v) is 17.7. The molecule has 0 aromatic carbocycles. The molecule has 0 spiro atoms. The van der Waals surface area contributed by atoms with Gasteiger partial charge in [0.25, 0.3) is 0 Å². The molecule has 0 radical (unpaired) electrons. The van der Waals surface area contributed by atoms with Gasteiger partial charge in [-0.15, -0.1) is 0 Å². The van der Waals surface area contributed by atoms with Crippen LogP contribution in [0.1, 0.15) is 200 Å². The van der Waals surface area contributed by atoms with Crippen LogP contribution in [0.15, 0.2) is 97.2 Å². The van der Waals surface area contributed by atoms with Crippen LogP contribution in [-0.4, -0.2) is 49.9 Å². The van der Waals surface area contributed by atoms with E-state index >= 15 is 0 Å². The molecule has 0 aliphatic heterocycles. The van der Waals surface area contributed by atoms with Gasteiger partial charge < -0.3 is 20.1 Å². The van der Waals surface area contributed by atoms with Crippen LogP contribution in [0.25, 0.3) is 0 Å². The highest BCUT2D eigenvalue weighted by Crippen LogP contribution is 2.43. The average Bonchev–Trinajstić information content (AvgIpc) is 3.28. The van der Waals surface area contributed by atoms with Crippen LogP contribution in [0.2, 0.25) is 0 Å². The lowest BCUT2D eigenvalue weighted by Gasteiger charge is -2.20. The van der Waals surface area contributed by atoms with Crippen molar-refractivity contribution >= 4 is 13.8 Å². The number of phosphoric ester groups is 1. The smallest absolute Gasteiger partial charge is 0.457 e. The van der Waals surface area contributed by atoms with Crippen LogP contribution in [0, 0.1) is 0 Å². The lowest BCUT2D eigenvalue weighted by atomic mass is 10.1. The molecule has 0 aromatic rings. The molecule has 9 heteroatoms. The number of phosphoric acid groups is 1. The molecule has 0 saturated heterocycles. The number of carbonyl (C=O) groups is 1. The lowest BCUT2D eigenvalue weighted by Crippen LogP contribution is -2.28. The largest absolute Gasteiger partial charge is 0.472 e. The standard InChI is InChI=1S/C54H94NO7P/c1-3-5-7-9-11-13-15-17-19-21-23-24-25-26-27-28-29-31-33-35-37-39-41-43-45-47-54(56)62-53(52-61-63(57,58)60-50-48-55)51-59-49-46-44-42-40-38-36-34-32-30-22-20-18-16-14-12-10-8-6-4-2/h5,7,11,13-14,16-17,19-20,22-24,26-27,29,31,53H,3-4,6,8-10,12,15,18,21,25,28,30,32-52,55H2,1-2H3,(H,57,58)/b7-5-,13-11-,16-14-,19-17-,22-20-,24-23-,27-26-,31-29-. The summed E-state index contributed by atoms with van der Waals surface area (Å²) in [7, 11) is -4.30. The van der Waals surface area contributed by atoms with Crippen molar-refractivity contribution in [1.82, 2.24) is 0 Å². The van der Waals surface area contributed by atoms with Crippen LogP contribution in [0.3, 0.4) is 0 Å². The maximum absolute atomic E-state index is 12.7. The van der Waals surface area contributed by atoms with Gasteiger partial charge in [-0.25, -0.2) is 4.57 Å². The van der Waals surface area contributed by atoms with Crippen LogP contribution in [0.5, 0.6) is 0 Å². The lowest BCUT2D eigenvalue weighted by molar-refractivity contribution is -0.154. The topological polar surface area (TPSA) is 117 Å². The molecule has 0 fully saturated rings. The van der Waals surface area contributed by atoms with E-state index in [1.54, 1.807) is 0 Å². The predicted octanol–water partition coefficient (Wildman–Crippen LogP) is 15.8. The van der Waals surface area contributed by atoms with Crippen molar-refractivity contribution in [3.63, 3.8) is 0 Å². The minimum Gasteiger partial charge on any atom is -0.457 e. The van der Waals surface area contributed by atoms with Gasteiger partial charge in [0.15, 0.2) is 0 Å². The summed E-state index contributed by atoms with van der Waals surface area (Å²) in [6, 6.07) is 0. The van der Waals surface area contributed by atoms with Crippen molar-refractivity contribution in [3.05, 3.63) is 97.2 Å². The van der Waals surface area contributed by atoms with E-state index < -0.39 is 13.9 Å². The van der Waals surface area contributed by atoms with Crippen molar-refractivity contribution in [2.75, 3.05) is 33.0 Å². The maximum atomic E-state index is 12.7. The Morgan fingerprint density at radius 2 is 0.889 bits per heavy atom. The molecule has 0 aromatic heterocycles. The molecule has 0 heterocycles. The van der Waals surface area contributed by atoms with E-state index in [2.05, 4.69) is 111 Å². The second-order valence-electron chi connectivity index (χ2n) is 16.3. The van der Waals surface area contributed by atoms with Crippen molar-refractivity contribution in [1.29, 1.82) is 0 Å². The molecule has 3 N–H and O–H groups in total. The predicted molar refractivity (Wildman–Crippen MR) is 270 cm³/mol. The highest BCUT2D eigenvalue weighted by Gasteiger charge is 2.25. The molecule has 8 nitrogen and oxygen atoms in total. The zero-order valence-electron chi connectivity index (χ0n) is 40.3. The Morgan fingerprint density at radius 3 is 1.33 bits per heavy atom. The minimum absolute atomic E-state index is 0.0914. The first-order chi connectivity index (χ1) is 30.9. The van der Waals surface area contributed by atoms with E-state index in [-0.39, 0.29) is 32.3 Å². The van der Waals surface area contributed by atoms with Crippen molar-refractivity contribution in [2.45, 2.75) is 206 Å². The van der Waals surface area contributed by atoms with Gasteiger partial charge in [-0.05, 0) is 96.3 Å². The van der Waals surface area contributed by atoms with Crippen LogP contribution in [0.4, 0.5) is 0 Å². The molecule has 0 amide bonds. The van der Waals surface area contributed by atoms with Crippen molar-refractivity contribution in [2.24, 2.45) is 5.73 Å². The SMILES string of the molecule is CC/C=C\C/C=C\C/C=C\C/C=C\C/C=C\C/C=C\CCCCCCCCC(=O)OC(COCCCCCCCCCC/C=C\C/C=C\CCCCCC)COP(=O)(O)OCCN. The van der Waals surface area contributed by atoms with E-state index in [9.17, 15) is 14.3 Å². The van der Waals surface area contributed by atoms with Crippen molar-refractivity contribution in [3.8, 4) is 0 Å². The fourth-order valence-electron chi connectivity index (χ4n) is 6.56. The van der Waals surface area contributed by atoms with Crippen LogP contribution < -0.4 is 5.73 Å². The highest BCUT2D eigenvalue weighted by atomic mass is 31.2. The molecular weight excluding hydrogens is 806 g/mol. The summed E-state index contributed by atoms with van der Waals surface area (Å²) in [5, 5.41) is 0. The Morgan fingerprint density at radius 1 is 0.492 bits per heavy atom. The number of rotatable bonds is 47. The molecule has 2 atom stereocenters. The first-order valence-electron chi connectivity index (χ1n) is 25.2. The van der Waals surface area contributed by atoms with Gasteiger partial charge in [-0.1, -0.05) is 195 Å². The van der Waals surface area contributed by atoms with E-state index in [1.165, 1.54) is 89.9 Å². The third-order valence-corrected chi connectivity index (χ3v) is 11.2. The summed E-state index contributed by atoms with van der Waals surface area (Å²) in [5.41, 5.74) is 5.39. The zero-order valence-corrected chi connectivity index (χ0v) is 41.2. The van der Waals surface area contributed by atoms with Gasteiger partial charge in [0.1, 0.15) is 6.10 Å². The molecule has 2 unspecified atom stereocenters. The van der Waals surface area contributed by atoms with Crippen LogP contribution >= 0.6 is 7.82 Å². The minimum atomic E-state index is -4.30. The second kappa shape index (κ2) is 50.4. The molecule has 0 saturated carbocycles. The molecule has 63 heavy (non-hydrogen) atoms. The van der Waals surface area contributed by atoms with Gasteiger partial charge in [0.05, 0.1) is 19.8 Å². The molecule has 0 rings (SSSR count). The number of nitrogens with two attached hydrogens (primary N) is 1. The van der Waals surface area contributed by atoms with Gasteiger partial charge >= 0.3 is 13.8 Å². The first kappa shape index (κ1) is 60.4. The van der Waals surface area contributed by atoms with E-state index in [0.717, 1.165) is 89.9 Å². The number of allylic oxidation sites excluding steroid dienone is 16. The molecule has 0 aliphatic carbocycles. The summed E-state index contributed by atoms with van der Waals surface area (Å²) in [5.74, 6) is -0.350. The Hall–Kier alpha value is -2.58. The van der Waals surface area contributed by atoms with E-state index in [1.807, 2.05) is 0 Å².